The summed E-state index contributed by atoms with van der Waals surface area (Å²) in [5.41, 5.74) is 0.400. The highest BCUT2D eigenvalue weighted by Gasteiger charge is 2.23. The van der Waals surface area contributed by atoms with Gasteiger partial charge >= 0.3 is 6.09 Å². The van der Waals surface area contributed by atoms with Crippen molar-refractivity contribution < 1.29 is 23.8 Å². The van der Waals surface area contributed by atoms with E-state index < -0.39 is 17.7 Å². The third-order valence-corrected chi connectivity index (χ3v) is 4.42. The first-order chi connectivity index (χ1) is 13.2. The summed E-state index contributed by atoms with van der Waals surface area (Å²) >= 11 is 1.62. The van der Waals surface area contributed by atoms with E-state index in [-0.39, 0.29) is 5.91 Å². The molecular formula is C20H32N2O5S. The molecule has 0 fully saturated rings. The lowest BCUT2D eigenvalue weighted by Gasteiger charge is -2.23. The van der Waals surface area contributed by atoms with Gasteiger partial charge in [0.25, 0.3) is 0 Å². The largest absolute Gasteiger partial charge is 0.493 e. The molecule has 7 nitrogen and oxygen atoms in total. The van der Waals surface area contributed by atoms with E-state index in [2.05, 4.69) is 10.6 Å². The minimum Gasteiger partial charge on any atom is -0.493 e. The molecule has 0 spiro atoms. The van der Waals surface area contributed by atoms with Gasteiger partial charge in [-0.05, 0) is 63.3 Å². The Morgan fingerprint density at radius 2 is 1.82 bits per heavy atom. The third kappa shape index (κ3) is 8.73. The second-order valence-corrected chi connectivity index (χ2v) is 8.20. The maximum Gasteiger partial charge on any atom is 0.408 e. The lowest BCUT2D eigenvalue weighted by atomic mass is 10.1. The number of nitrogens with one attached hydrogen (secondary N) is 2. The van der Waals surface area contributed by atoms with Crippen molar-refractivity contribution in [2.75, 3.05) is 32.8 Å². The van der Waals surface area contributed by atoms with Crippen LogP contribution in [0.4, 0.5) is 4.79 Å². The zero-order valence-electron chi connectivity index (χ0n) is 17.6. The summed E-state index contributed by atoms with van der Waals surface area (Å²) in [6.45, 7) is 5.80. The summed E-state index contributed by atoms with van der Waals surface area (Å²) in [5.74, 6) is 1.84. The highest BCUT2D eigenvalue weighted by molar-refractivity contribution is 7.98. The Labute approximate surface area is 171 Å². The van der Waals surface area contributed by atoms with Crippen LogP contribution in [-0.4, -0.2) is 56.4 Å². The van der Waals surface area contributed by atoms with Gasteiger partial charge in [-0.1, -0.05) is 6.07 Å². The predicted molar refractivity (Wildman–Crippen MR) is 112 cm³/mol. The molecule has 0 aliphatic rings. The Morgan fingerprint density at radius 3 is 2.39 bits per heavy atom. The van der Waals surface area contributed by atoms with Crippen LogP contribution in [0, 0.1) is 0 Å². The molecule has 0 saturated carbocycles. The Balaban J connectivity index is 2.61. The Bertz CT molecular complexity index is 646. The third-order valence-electron chi connectivity index (χ3n) is 3.78. The Hall–Kier alpha value is -2.09. The van der Waals surface area contributed by atoms with Crippen molar-refractivity contribution in [2.45, 2.75) is 45.3 Å². The van der Waals surface area contributed by atoms with Crippen LogP contribution in [0.5, 0.6) is 11.5 Å². The molecule has 2 amide bonds. The van der Waals surface area contributed by atoms with Crippen LogP contribution in [0.3, 0.4) is 0 Å². The zero-order valence-corrected chi connectivity index (χ0v) is 18.4. The van der Waals surface area contributed by atoms with E-state index >= 15 is 0 Å². The van der Waals surface area contributed by atoms with Gasteiger partial charge in [0.15, 0.2) is 11.5 Å². The Morgan fingerprint density at radius 1 is 1.14 bits per heavy atom. The molecule has 1 rings (SSSR count). The summed E-state index contributed by atoms with van der Waals surface area (Å²) in [4.78, 5) is 24.5. The summed E-state index contributed by atoms with van der Waals surface area (Å²) < 4.78 is 15.8. The SMILES string of the molecule is COc1ccc(CCNC(=O)[C@H](CCSC)NC(=O)OC(C)(C)C)cc1OC. The number of ether oxygens (including phenoxy) is 3. The van der Waals surface area contributed by atoms with Crippen molar-refractivity contribution in [3.8, 4) is 11.5 Å². The lowest BCUT2D eigenvalue weighted by molar-refractivity contribution is -0.123. The molecule has 8 heteroatoms. The van der Waals surface area contributed by atoms with E-state index in [1.165, 1.54) is 0 Å². The molecule has 1 atom stereocenters. The smallest absolute Gasteiger partial charge is 0.408 e. The van der Waals surface area contributed by atoms with Crippen LogP contribution in [0.15, 0.2) is 18.2 Å². The van der Waals surface area contributed by atoms with Crippen molar-refractivity contribution >= 4 is 23.8 Å². The van der Waals surface area contributed by atoms with E-state index in [9.17, 15) is 9.59 Å². The second-order valence-electron chi connectivity index (χ2n) is 7.21. The molecule has 0 heterocycles. The lowest BCUT2D eigenvalue weighted by Crippen LogP contribution is -2.48. The second kappa shape index (κ2) is 11.7. The van der Waals surface area contributed by atoms with Crippen LogP contribution >= 0.6 is 11.8 Å². The number of rotatable bonds is 10. The van der Waals surface area contributed by atoms with Gasteiger partial charge in [-0.25, -0.2) is 4.79 Å². The van der Waals surface area contributed by atoms with Gasteiger partial charge in [0.1, 0.15) is 11.6 Å². The number of carbonyl (C=O) groups excluding carboxylic acids is 2. The van der Waals surface area contributed by atoms with Gasteiger partial charge in [-0.15, -0.1) is 0 Å². The van der Waals surface area contributed by atoms with Crippen molar-refractivity contribution in [3.05, 3.63) is 23.8 Å². The number of methoxy groups -OCH3 is 2. The molecule has 0 unspecified atom stereocenters. The quantitative estimate of drug-likeness (QED) is 0.614. The van der Waals surface area contributed by atoms with Gasteiger partial charge < -0.3 is 24.8 Å². The predicted octanol–water partition coefficient (Wildman–Crippen LogP) is 3.01. The van der Waals surface area contributed by atoms with E-state index in [1.54, 1.807) is 46.8 Å². The monoisotopic (exact) mass is 412 g/mol. The minimum atomic E-state index is -0.632. The first-order valence-electron chi connectivity index (χ1n) is 9.17. The molecular weight excluding hydrogens is 380 g/mol. The van der Waals surface area contributed by atoms with E-state index in [4.69, 9.17) is 14.2 Å². The van der Waals surface area contributed by atoms with Crippen molar-refractivity contribution in [1.29, 1.82) is 0 Å². The standard InChI is InChI=1S/C20H32N2O5S/c1-20(2,3)27-19(24)22-15(10-12-28-6)18(23)21-11-9-14-7-8-16(25-4)17(13-14)26-5/h7-8,13,15H,9-12H2,1-6H3,(H,21,23)(H,22,24)/t15-/m0/s1. The van der Waals surface area contributed by atoms with Gasteiger partial charge in [-0.3, -0.25) is 4.79 Å². The molecule has 1 aromatic rings. The van der Waals surface area contributed by atoms with Gasteiger partial charge in [0, 0.05) is 6.54 Å². The fourth-order valence-electron chi connectivity index (χ4n) is 2.44. The first kappa shape index (κ1) is 23.9. The topological polar surface area (TPSA) is 85.9 Å². The molecule has 28 heavy (non-hydrogen) atoms. The minimum absolute atomic E-state index is 0.222. The molecule has 0 aromatic heterocycles. The Kier molecular flexibility index (Phi) is 9.99. The van der Waals surface area contributed by atoms with Gasteiger partial charge in [-0.2, -0.15) is 11.8 Å². The van der Waals surface area contributed by atoms with Gasteiger partial charge in [0.05, 0.1) is 14.2 Å². The number of thioether (sulfide) groups is 1. The number of hydrogen-bond donors (Lipinski definition) is 2. The van der Waals surface area contributed by atoms with Crippen LogP contribution in [-0.2, 0) is 16.0 Å². The zero-order chi connectivity index (χ0) is 21.2. The molecule has 0 saturated heterocycles. The van der Waals surface area contributed by atoms with E-state index in [0.717, 1.165) is 11.3 Å². The van der Waals surface area contributed by atoms with Gasteiger partial charge in [0.2, 0.25) is 5.91 Å². The number of benzene rings is 1. The average molecular weight is 413 g/mol. The van der Waals surface area contributed by atoms with E-state index in [1.807, 2.05) is 24.5 Å². The summed E-state index contributed by atoms with van der Waals surface area (Å²) in [6, 6.07) is 5.02. The molecule has 158 valence electrons. The molecule has 0 radical (unpaired) electrons. The molecule has 0 bridgehead atoms. The average Bonchev–Trinajstić information content (AvgIpc) is 2.63. The van der Waals surface area contributed by atoms with Crippen LogP contribution in [0.2, 0.25) is 0 Å². The van der Waals surface area contributed by atoms with Crippen LogP contribution < -0.4 is 20.1 Å². The summed E-state index contributed by atoms with van der Waals surface area (Å²) in [5, 5.41) is 5.55. The van der Waals surface area contributed by atoms with Crippen LogP contribution in [0.1, 0.15) is 32.8 Å². The maximum absolute atomic E-state index is 12.5. The van der Waals surface area contributed by atoms with Crippen molar-refractivity contribution in [1.82, 2.24) is 10.6 Å². The van der Waals surface area contributed by atoms with Crippen LogP contribution in [0.25, 0.3) is 0 Å². The highest BCUT2D eigenvalue weighted by atomic mass is 32.2. The fraction of sp³-hybridized carbons (Fsp3) is 0.600. The molecule has 2 N–H and O–H groups in total. The van der Waals surface area contributed by atoms with Crippen molar-refractivity contribution in [2.24, 2.45) is 0 Å². The first-order valence-corrected chi connectivity index (χ1v) is 10.6. The normalized spacial score (nSPS) is 12.1. The number of carbonyl (C=O) groups is 2. The fourth-order valence-corrected chi connectivity index (χ4v) is 2.92. The molecule has 0 aliphatic heterocycles. The summed E-state index contributed by atoms with van der Waals surface area (Å²) in [7, 11) is 3.17. The maximum atomic E-state index is 12.5. The number of alkyl carbamates (subject to hydrolysis) is 1. The molecule has 1 aromatic carbocycles. The highest BCUT2D eigenvalue weighted by Crippen LogP contribution is 2.27. The number of amides is 2. The van der Waals surface area contributed by atoms with Crippen molar-refractivity contribution in [3.63, 3.8) is 0 Å². The number of hydrogen-bond acceptors (Lipinski definition) is 6. The van der Waals surface area contributed by atoms with E-state index in [0.29, 0.717) is 30.9 Å². The molecule has 0 aliphatic carbocycles. The summed E-state index contributed by atoms with van der Waals surface area (Å²) in [6.07, 6.45) is 2.53.